The van der Waals surface area contributed by atoms with Crippen LogP contribution in [-0.4, -0.2) is 38.7 Å². The van der Waals surface area contributed by atoms with Crippen LogP contribution in [0.4, 0.5) is 16.0 Å². The van der Waals surface area contributed by atoms with Crippen molar-refractivity contribution >= 4 is 28.6 Å². The number of anilines is 2. The largest absolute Gasteiger partial charge is 0.457 e. The van der Waals surface area contributed by atoms with E-state index in [-0.39, 0.29) is 30.6 Å². The number of carbonyl (C=O) groups excluding carboxylic acids is 1. The van der Waals surface area contributed by atoms with Crippen molar-refractivity contribution < 1.29 is 19.0 Å². The highest BCUT2D eigenvalue weighted by molar-refractivity contribution is 5.92. The molecule has 0 unspecified atom stereocenters. The molecule has 2 aromatic carbocycles. The third kappa shape index (κ3) is 4.99. The Morgan fingerprint density at radius 1 is 1.15 bits per heavy atom. The number of imidazole rings is 1. The highest BCUT2D eigenvalue weighted by atomic mass is 19.1. The summed E-state index contributed by atoms with van der Waals surface area (Å²) >= 11 is 0. The molecule has 0 atom stereocenters. The molecule has 0 saturated carbocycles. The zero-order valence-electron chi connectivity index (χ0n) is 19.2. The molecule has 0 saturated heterocycles. The van der Waals surface area contributed by atoms with Gasteiger partial charge in [-0.05, 0) is 47.9 Å². The van der Waals surface area contributed by atoms with Crippen LogP contribution >= 0.6 is 0 Å². The lowest BCUT2D eigenvalue weighted by Gasteiger charge is -2.11. The molecule has 2 heterocycles. The molecule has 2 aromatic heterocycles. The van der Waals surface area contributed by atoms with E-state index in [4.69, 9.17) is 9.84 Å². The van der Waals surface area contributed by atoms with Gasteiger partial charge in [0.05, 0.1) is 17.6 Å². The molecule has 9 heteroatoms. The molecule has 8 nitrogen and oxygen atoms in total. The normalized spacial score (nSPS) is 11.1. The SMILES string of the molecule is CC(C)c1cc(Nc2nc3cc(Oc4ccnc(C(=O)NCCO)c4)ccc3n2C)ccc1F. The fourth-order valence-corrected chi connectivity index (χ4v) is 3.54. The first-order valence-corrected chi connectivity index (χ1v) is 10.9. The van der Waals surface area contributed by atoms with Gasteiger partial charge in [-0.2, -0.15) is 0 Å². The maximum atomic E-state index is 14.1. The minimum atomic E-state index is -0.392. The van der Waals surface area contributed by atoms with Crippen molar-refractivity contribution in [1.82, 2.24) is 19.9 Å². The number of aryl methyl sites for hydroxylation is 1. The van der Waals surface area contributed by atoms with Crippen LogP contribution in [0.15, 0.2) is 54.7 Å². The minimum Gasteiger partial charge on any atom is -0.457 e. The first kappa shape index (κ1) is 23.2. The predicted octanol–water partition coefficient (Wildman–Crippen LogP) is 4.49. The van der Waals surface area contributed by atoms with Gasteiger partial charge >= 0.3 is 0 Å². The van der Waals surface area contributed by atoms with Crippen LogP contribution in [0, 0.1) is 5.82 Å². The highest BCUT2D eigenvalue weighted by Crippen LogP contribution is 2.29. The number of aliphatic hydroxyl groups is 1. The van der Waals surface area contributed by atoms with Crippen LogP contribution in [0.3, 0.4) is 0 Å². The van der Waals surface area contributed by atoms with Crippen LogP contribution in [0.5, 0.6) is 11.5 Å². The molecule has 0 aliphatic carbocycles. The van der Waals surface area contributed by atoms with Crippen molar-refractivity contribution in [2.75, 3.05) is 18.5 Å². The first-order valence-electron chi connectivity index (χ1n) is 10.9. The Morgan fingerprint density at radius 2 is 1.94 bits per heavy atom. The molecular formula is C25H26FN5O3. The lowest BCUT2D eigenvalue weighted by Crippen LogP contribution is -2.27. The number of halogens is 1. The van der Waals surface area contributed by atoms with Gasteiger partial charge in [-0.15, -0.1) is 0 Å². The fourth-order valence-electron chi connectivity index (χ4n) is 3.54. The van der Waals surface area contributed by atoms with Crippen LogP contribution < -0.4 is 15.4 Å². The van der Waals surface area contributed by atoms with Crippen LogP contribution in [0.1, 0.15) is 35.8 Å². The Balaban J connectivity index is 1.55. The number of hydrogen-bond donors (Lipinski definition) is 3. The Labute approximate surface area is 196 Å². The molecule has 0 aliphatic heterocycles. The summed E-state index contributed by atoms with van der Waals surface area (Å²) in [6, 6.07) is 13.6. The smallest absolute Gasteiger partial charge is 0.270 e. The second kappa shape index (κ2) is 9.88. The monoisotopic (exact) mass is 463 g/mol. The molecular weight excluding hydrogens is 437 g/mol. The summed E-state index contributed by atoms with van der Waals surface area (Å²) in [5.41, 5.74) is 3.19. The number of benzene rings is 2. The van der Waals surface area contributed by atoms with Crippen LogP contribution in [0.25, 0.3) is 11.0 Å². The summed E-state index contributed by atoms with van der Waals surface area (Å²) in [7, 11) is 1.89. The highest BCUT2D eigenvalue weighted by Gasteiger charge is 2.13. The number of amides is 1. The van der Waals surface area contributed by atoms with E-state index in [0.29, 0.717) is 28.5 Å². The summed E-state index contributed by atoms with van der Waals surface area (Å²) in [6.45, 7) is 3.90. The average molecular weight is 464 g/mol. The van der Waals surface area contributed by atoms with Gasteiger partial charge in [0.1, 0.15) is 23.0 Å². The molecule has 0 fully saturated rings. The Kier molecular flexibility index (Phi) is 6.74. The molecule has 176 valence electrons. The number of hydrogen-bond acceptors (Lipinski definition) is 6. The molecule has 0 bridgehead atoms. The van der Waals surface area contributed by atoms with Gasteiger partial charge in [0, 0.05) is 37.6 Å². The predicted molar refractivity (Wildman–Crippen MR) is 128 cm³/mol. The maximum Gasteiger partial charge on any atom is 0.270 e. The topological polar surface area (TPSA) is 101 Å². The number of rotatable bonds is 8. The van der Waals surface area contributed by atoms with Gasteiger partial charge in [0.2, 0.25) is 5.95 Å². The number of carbonyl (C=O) groups is 1. The van der Waals surface area contributed by atoms with E-state index in [1.54, 1.807) is 24.3 Å². The minimum absolute atomic E-state index is 0.0661. The van der Waals surface area contributed by atoms with Gasteiger partial charge in [-0.1, -0.05) is 13.8 Å². The number of aliphatic hydroxyl groups excluding tert-OH is 1. The third-order valence-electron chi connectivity index (χ3n) is 5.32. The van der Waals surface area contributed by atoms with E-state index < -0.39 is 5.91 Å². The summed E-state index contributed by atoms with van der Waals surface area (Å²) in [5.74, 6) is 1.06. The lowest BCUT2D eigenvalue weighted by molar-refractivity contribution is 0.0939. The second-order valence-corrected chi connectivity index (χ2v) is 8.12. The van der Waals surface area contributed by atoms with Crippen LogP contribution in [-0.2, 0) is 7.05 Å². The van der Waals surface area contributed by atoms with E-state index in [9.17, 15) is 9.18 Å². The fraction of sp³-hybridized carbons (Fsp3) is 0.240. The second-order valence-electron chi connectivity index (χ2n) is 8.12. The van der Waals surface area contributed by atoms with E-state index in [1.165, 1.54) is 18.3 Å². The molecule has 1 amide bonds. The van der Waals surface area contributed by atoms with E-state index in [1.807, 2.05) is 37.6 Å². The lowest BCUT2D eigenvalue weighted by atomic mass is 10.0. The Morgan fingerprint density at radius 3 is 2.71 bits per heavy atom. The summed E-state index contributed by atoms with van der Waals surface area (Å²) in [6.07, 6.45) is 1.48. The molecule has 0 aliphatic rings. The molecule has 4 aromatic rings. The zero-order valence-corrected chi connectivity index (χ0v) is 19.2. The zero-order chi connectivity index (χ0) is 24.2. The van der Waals surface area contributed by atoms with Crippen molar-refractivity contribution in [3.63, 3.8) is 0 Å². The standard InChI is InChI=1S/C25H26FN5O3/c1-15(2)19-12-16(4-6-20(19)26)29-25-30-21-13-17(5-7-23(21)31(25)3)34-18-8-9-27-22(14-18)24(33)28-10-11-32/h4-9,12-15,32H,10-11H2,1-3H3,(H,28,33)(H,29,30). The Hall–Kier alpha value is -3.98. The van der Waals surface area contributed by atoms with Crippen molar-refractivity contribution in [2.24, 2.45) is 7.05 Å². The van der Waals surface area contributed by atoms with Gasteiger partial charge in [0.15, 0.2) is 0 Å². The van der Waals surface area contributed by atoms with Gasteiger partial charge in [-0.3, -0.25) is 9.78 Å². The van der Waals surface area contributed by atoms with Crippen LogP contribution in [0.2, 0.25) is 0 Å². The van der Waals surface area contributed by atoms with Gasteiger partial charge in [-0.25, -0.2) is 9.37 Å². The first-order chi connectivity index (χ1) is 16.4. The molecule has 4 rings (SSSR count). The number of nitrogens with zero attached hydrogens (tertiary/aromatic N) is 3. The van der Waals surface area contributed by atoms with Gasteiger partial charge in [0.25, 0.3) is 5.91 Å². The molecule has 3 N–H and O–H groups in total. The van der Waals surface area contributed by atoms with E-state index in [2.05, 4.69) is 20.6 Å². The van der Waals surface area contributed by atoms with Crippen molar-refractivity contribution in [3.8, 4) is 11.5 Å². The average Bonchev–Trinajstić information content (AvgIpc) is 3.13. The summed E-state index contributed by atoms with van der Waals surface area (Å²) < 4.78 is 21.9. The number of aromatic nitrogens is 3. The molecule has 0 radical (unpaired) electrons. The summed E-state index contributed by atoms with van der Waals surface area (Å²) in [4.78, 5) is 20.8. The van der Waals surface area contributed by atoms with Crippen molar-refractivity contribution in [2.45, 2.75) is 19.8 Å². The van der Waals surface area contributed by atoms with E-state index in [0.717, 1.165) is 11.2 Å². The summed E-state index contributed by atoms with van der Waals surface area (Å²) in [5, 5.41) is 14.7. The molecule has 34 heavy (non-hydrogen) atoms. The number of pyridine rings is 1. The third-order valence-corrected chi connectivity index (χ3v) is 5.32. The number of fused-ring (bicyclic) bond motifs is 1. The van der Waals surface area contributed by atoms with Crippen molar-refractivity contribution in [1.29, 1.82) is 0 Å². The Bertz CT molecular complexity index is 1340. The van der Waals surface area contributed by atoms with Gasteiger partial charge < -0.3 is 25.0 Å². The number of nitrogens with one attached hydrogen (secondary N) is 2. The quantitative estimate of drug-likeness (QED) is 0.356. The molecule has 0 spiro atoms. The maximum absolute atomic E-state index is 14.1. The van der Waals surface area contributed by atoms with Crippen molar-refractivity contribution in [3.05, 3.63) is 71.8 Å². The number of ether oxygens (including phenoxy) is 1. The van der Waals surface area contributed by atoms with E-state index >= 15 is 0 Å².